The van der Waals surface area contributed by atoms with E-state index < -0.39 is 5.82 Å². The minimum absolute atomic E-state index is 0.202. The molecule has 7 rings (SSSR count). The largest absolute Gasteiger partial charge is 0.335 e. The molecule has 1 aromatic carbocycles. The first-order valence-electron chi connectivity index (χ1n) is 12.9. The summed E-state index contributed by atoms with van der Waals surface area (Å²) in [5.74, 6) is -0.500. The Labute approximate surface area is 222 Å². The number of nitrogens with zero attached hydrogens (tertiary/aromatic N) is 6. The third kappa shape index (κ3) is 4.32. The number of piperidine rings is 1. The molecule has 194 valence electrons. The average Bonchev–Trinajstić information content (AvgIpc) is 3.59. The summed E-state index contributed by atoms with van der Waals surface area (Å²) in [4.78, 5) is 23.4. The fraction of sp³-hybridized carbons (Fsp3) is 0.207. The van der Waals surface area contributed by atoms with Crippen molar-refractivity contribution in [3.8, 4) is 33.9 Å². The van der Waals surface area contributed by atoms with Crippen LogP contribution in [0.5, 0.6) is 0 Å². The van der Waals surface area contributed by atoms with Crippen LogP contribution in [0.15, 0.2) is 61.2 Å². The molecule has 0 amide bonds. The van der Waals surface area contributed by atoms with E-state index in [2.05, 4.69) is 40.0 Å². The number of aromatic nitrogens is 7. The molecule has 0 radical (unpaired) electrons. The van der Waals surface area contributed by atoms with Gasteiger partial charge >= 0.3 is 0 Å². The summed E-state index contributed by atoms with van der Waals surface area (Å²) < 4.78 is 30.0. The van der Waals surface area contributed by atoms with Gasteiger partial charge in [-0.25, -0.2) is 18.7 Å². The highest BCUT2D eigenvalue weighted by molar-refractivity contribution is 5.97. The number of halogens is 2. The van der Waals surface area contributed by atoms with Gasteiger partial charge < -0.3 is 4.98 Å². The molecule has 0 atom stereocenters. The molecule has 8 nitrogen and oxygen atoms in total. The van der Waals surface area contributed by atoms with Crippen molar-refractivity contribution in [2.24, 2.45) is 0 Å². The van der Waals surface area contributed by atoms with Crippen LogP contribution in [-0.2, 0) is 6.54 Å². The van der Waals surface area contributed by atoms with Crippen LogP contribution in [0, 0.1) is 11.6 Å². The van der Waals surface area contributed by atoms with Gasteiger partial charge in [0.15, 0.2) is 17.3 Å². The highest BCUT2D eigenvalue weighted by atomic mass is 19.1. The fourth-order valence-electron chi connectivity index (χ4n) is 5.35. The van der Waals surface area contributed by atoms with E-state index in [0.717, 1.165) is 30.8 Å². The van der Waals surface area contributed by atoms with E-state index in [4.69, 9.17) is 0 Å². The number of pyridine rings is 3. The maximum absolute atomic E-state index is 16.1. The van der Waals surface area contributed by atoms with Crippen molar-refractivity contribution >= 4 is 22.1 Å². The molecule has 0 spiro atoms. The molecule has 0 aliphatic carbocycles. The predicted molar refractivity (Wildman–Crippen MR) is 144 cm³/mol. The summed E-state index contributed by atoms with van der Waals surface area (Å²) in [6.45, 7) is 2.91. The molecular formula is C29H24F2N8. The van der Waals surface area contributed by atoms with Crippen molar-refractivity contribution in [1.82, 2.24) is 40.0 Å². The van der Waals surface area contributed by atoms with E-state index in [9.17, 15) is 4.39 Å². The monoisotopic (exact) mass is 522 g/mol. The molecule has 0 saturated carbocycles. The lowest BCUT2D eigenvalue weighted by molar-refractivity contribution is 0.220. The molecule has 1 aliphatic rings. The standard InChI is InChI=1S/C29H24F2N8/c30-20-6-4-5-18(12-20)21-7-8-33-28-26(21)35-29(36-28)27-23-22(37-38-27)15-34-25(24(23)31)19-11-17(13-32-14-19)16-39-9-2-1-3-10-39/h4-8,11-15H,1-3,9-10,16H2,(H,37,38)(H,33,35,36). The van der Waals surface area contributed by atoms with Gasteiger partial charge in [0.25, 0.3) is 0 Å². The van der Waals surface area contributed by atoms with Gasteiger partial charge in [-0.05, 0) is 61.3 Å². The SMILES string of the molecule is Fc1cccc(-c2ccnc3nc(-c4n[nH]c5cnc(-c6cncc(CN7CCCCC7)c6)c(F)c45)[nH]c23)c1. The van der Waals surface area contributed by atoms with Crippen LogP contribution in [0.4, 0.5) is 8.78 Å². The molecule has 1 fully saturated rings. The molecule has 1 saturated heterocycles. The smallest absolute Gasteiger partial charge is 0.178 e. The molecule has 0 unspecified atom stereocenters. The highest BCUT2D eigenvalue weighted by Crippen LogP contribution is 2.34. The number of hydrogen-bond acceptors (Lipinski definition) is 6. The highest BCUT2D eigenvalue weighted by Gasteiger charge is 2.22. The Kier molecular flexibility index (Phi) is 5.81. The first kappa shape index (κ1) is 23.5. The second-order valence-corrected chi connectivity index (χ2v) is 9.85. The minimum Gasteiger partial charge on any atom is -0.335 e. The molecule has 2 N–H and O–H groups in total. The minimum atomic E-state index is -0.507. The number of aromatic amines is 2. The lowest BCUT2D eigenvalue weighted by Gasteiger charge is -2.26. The Bertz CT molecular complexity index is 1820. The molecule has 0 bridgehead atoms. The van der Waals surface area contributed by atoms with Gasteiger partial charge in [-0.15, -0.1) is 0 Å². The summed E-state index contributed by atoms with van der Waals surface area (Å²) in [7, 11) is 0. The Morgan fingerprint density at radius 3 is 2.67 bits per heavy atom. The maximum atomic E-state index is 16.1. The Balaban J connectivity index is 1.29. The number of fused-ring (bicyclic) bond motifs is 2. The van der Waals surface area contributed by atoms with E-state index in [0.29, 0.717) is 39.3 Å². The molecule has 5 aromatic heterocycles. The Morgan fingerprint density at radius 2 is 1.79 bits per heavy atom. The van der Waals surface area contributed by atoms with Crippen molar-refractivity contribution in [3.05, 3.63) is 78.4 Å². The van der Waals surface area contributed by atoms with Crippen molar-refractivity contribution in [2.75, 3.05) is 13.1 Å². The Hall–Kier alpha value is -4.57. The number of H-pyrrole nitrogens is 2. The summed E-state index contributed by atoms with van der Waals surface area (Å²) in [5, 5.41) is 7.50. The number of benzene rings is 1. The van der Waals surface area contributed by atoms with E-state index in [-0.39, 0.29) is 16.9 Å². The summed E-state index contributed by atoms with van der Waals surface area (Å²) in [6.07, 6.45) is 10.3. The first-order valence-corrected chi connectivity index (χ1v) is 12.9. The van der Waals surface area contributed by atoms with Crippen LogP contribution in [0.1, 0.15) is 24.8 Å². The van der Waals surface area contributed by atoms with Crippen LogP contribution in [-0.4, -0.2) is 53.1 Å². The lowest BCUT2D eigenvalue weighted by atomic mass is 10.1. The van der Waals surface area contributed by atoms with Gasteiger partial charge in [0.1, 0.15) is 17.2 Å². The Morgan fingerprint density at radius 1 is 0.897 bits per heavy atom. The van der Waals surface area contributed by atoms with E-state index in [1.807, 2.05) is 18.3 Å². The van der Waals surface area contributed by atoms with Crippen molar-refractivity contribution in [3.63, 3.8) is 0 Å². The van der Waals surface area contributed by atoms with Gasteiger partial charge in [0, 0.05) is 36.3 Å². The number of rotatable bonds is 5. The molecule has 39 heavy (non-hydrogen) atoms. The molecular weight excluding hydrogens is 498 g/mol. The van der Waals surface area contributed by atoms with Crippen LogP contribution in [0.3, 0.4) is 0 Å². The van der Waals surface area contributed by atoms with Gasteiger partial charge in [-0.3, -0.25) is 20.0 Å². The second-order valence-electron chi connectivity index (χ2n) is 9.85. The molecule has 6 aromatic rings. The zero-order valence-electron chi connectivity index (χ0n) is 21.0. The number of nitrogens with one attached hydrogen (secondary N) is 2. The lowest BCUT2D eigenvalue weighted by Crippen LogP contribution is -2.29. The van der Waals surface area contributed by atoms with Crippen molar-refractivity contribution < 1.29 is 8.78 Å². The van der Waals surface area contributed by atoms with Gasteiger partial charge in [-0.2, -0.15) is 5.10 Å². The van der Waals surface area contributed by atoms with Crippen LogP contribution >= 0.6 is 0 Å². The van der Waals surface area contributed by atoms with Crippen LogP contribution < -0.4 is 0 Å². The summed E-state index contributed by atoms with van der Waals surface area (Å²) in [6, 6.07) is 10.0. The normalized spacial score (nSPS) is 14.4. The average molecular weight is 523 g/mol. The van der Waals surface area contributed by atoms with E-state index in [1.165, 1.54) is 31.4 Å². The second kappa shape index (κ2) is 9.63. The first-order chi connectivity index (χ1) is 19.1. The van der Waals surface area contributed by atoms with Crippen LogP contribution in [0.2, 0.25) is 0 Å². The third-order valence-electron chi connectivity index (χ3n) is 7.22. The molecule has 1 aliphatic heterocycles. The number of imidazole rings is 1. The number of likely N-dealkylation sites (tertiary alicyclic amines) is 1. The van der Waals surface area contributed by atoms with Gasteiger partial charge in [0.05, 0.1) is 22.6 Å². The zero-order chi connectivity index (χ0) is 26.3. The maximum Gasteiger partial charge on any atom is 0.178 e. The summed E-state index contributed by atoms with van der Waals surface area (Å²) >= 11 is 0. The third-order valence-corrected chi connectivity index (χ3v) is 7.22. The van der Waals surface area contributed by atoms with Crippen LogP contribution in [0.25, 0.3) is 56.0 Å². The molecule has 6 heterocycles. The quantitative estimate of drug-likeness (QED) is 0.293. The molecule has 10 heteroatoms. The topological polar surface area (TPSA) is 99.3 Å². The van der Waals surface area contributed by atoms with E-state index in [1.54, 1.807) is 30.7 Å². The number of hydrogen-bond donors (Lipinski definition) is 2. The van der Waals surface area contributed by atoms with Crippen molar-refractivity contribution in [2.45, 2.75) is 25.8 Å². The summed E-state index contributed by atoms with van der Waals surface area (Å²) in [5.41, 5.74) is 5.04. The van der Waals surface area contributed by atoms with Gasteiger partial charge in [0.2, 0.25) is 0 Å². The van der Waals surface area contributed by atoms with Crippen molar-refractivity contribution in [1.29, 1.82) is 0 Å². The predicted octanol–water partition coefficient (Wildman–Crippen LogP) is 5.89. The van der Waals surface area contributed by atoms with E-state index >= 15 is 4.39 Å². The van der Waals surface area contributed by atoms with Gasteiger partial charge in [-0.1, -0.05) is 18.6 Å². The zero-order valence-corrected chi connectivity index (χ0v) is 21.0. The fourth-order valence-corrected chi connectivity index (χ4v) is 5.35.